The molecule has 2 amide bonds. The van der Waals surface area contributed by atoms with Gasteiger partial charge in [-0.25, -0.2) is 4.39 Å². The van der Waals surface area contributed by atoms with E-state index in [1.807, 2.05) is 13.0 Å². The molecular weight excluding hydrogens is 379 g/mol. The van der Waals surface area contributed by atoms with Crippen LogP contribution in [0.2, 0.25) is 0 Å². The van der Waals surface area contributed by atoms with Crippen LogP contribution >= 0.6 is 15.9 Å². The maximum absolute atomic E-state index is 13.8. The van der Waals surface area contributed by atoms with Crippen molar-refractivity contribution in [1.82, 2.24) is 0 Å². The van der Waals surface area contributed by atoms with E-state index in [-0.39, 0.29) is 24.7 Å². The molecule has 2 aromatic carbocycles. The molecule has 7 heteroatoms. The molecule has 24 heavy (non-hydrogen) atoms. The van der Waals surface area contributed by atoms with Gasteiger partial charge in [0, 0.05) is 4.47 Å². The number of ether oxygens (including phenoxy) is 1. The Hall–Kier alpha value is -2.41. The Morgan fingerprint density at radius 1 is 1.33 bits per heavy atom. The summed E-state index contributed by atoms with van der Waals surface area (Å²) in [6, 6.07) is 9.70. The first-order valence-electron chi connectivity index (χ1n) is 7.23. The van der Waals surface area contributed by atoms with Gasteiger partial charge in [0.2, 0.25) is 5.91 Å². The molecule has 1 aliphatic heterocycles. The molecule has 0 saturated heterocycles. The molecule has 0 spiro atoms. The number of carbonyl (C=O) groups excluding carboxylic acids is 2. The Morgan fingerprint density at radius 3 is 2.88 bits per heavy atom. The van der Waals surface area contributed by atoms with Gasteiger partial charge in [0.15, 0.2) is 6.61 Å². The van der Waals surface area contributed by atoms with Gasteiger partial charge in [-0.3, -0.25) is 14.5 Å². The number of benzene rings is 2. The smallest absolute Gasteiger partial charge is 0.265 e. The van der Waals surface area contributed by atoms with E-state index in [1.165, 1.54) is 17.0 Å². The predicted molar refractivity (Wildman–Crippen MR) is 91.8 cm³/mol. The molecule has 2 aromatic rings. The van der Waals surface area contributed by atoms with Crippen LogP contribution in [0.15, 0.2) is 40.9 Å². The number of carbonyl (C=O) groups is 2. The zero-order valence-electron chi connectivity index (χ0n) is 12.8. The van der Waals surface area contributed by atoms with E-state index in [9.17, 15) is 14.0 Å². The molecule has 0 saturated carbocycles. The molecule has 0 aromatic heterocycles. The van der Waals surface area contributed by atoms with Crippen molar-refractivity contribution in [3.8, 4) is 5.75 Å². The normalized spacial score (nSPS) is 13.3. The minimum atomic E-state index is -0.554. The number of anilines is 2. The van der Waals surface area contributed by atoms with Crippen LogP contribution in [0.1, 0.15) is 5.56 Å². The quantitative estimate of drug-likeness (QED) is 0.871. The van der Waals surface area contributed by atoms with Crippen LogP contribution in [0.5, 0.6) is 5.75 Å². The number of amides is 2. The summed E-state index contributed by atoms with van der Waals surface area (Å²) in [4.78, 5) is 25.6. The van der Waals surface area contributed by atoms with Crippen molar-refractivity contribution in [3.05, 3.63) is 52.3 Å². The number of nitrogens with zero attached hydrogens (tertiary/aromatic N) is 1. The van der Waals surface area contributed by atoms with Crippen molar-refractivity contribution >= 4 is 39.1 Å². The summed E-state index contributed by atoms with van der Waals surface area (Å²) < 4.78 is 19.8. The second kappa shape index (κ2) is 6.60. The molecule has 1 aliphatic rings. The van der Waals surface area contributed by atoms with Gasteiger partial charge in [0.05, 0.1) is 11.4 Å². The Balaban J connectivity index is 1.78. The van der Waals surface area contributed by atoms with E-state index in [0.717, 1.165) is 5.56 Å². The molecule has 0 bridgehead atoms. The largest absolute Gasteiger partial charge is 0.482 e. The molecule has 0 radical (unpaired) electrons. The summed E-state index contributed by atoms with van der Waals surface area (Å²) in [6.45, 7) is 1.57. The van der Waals surface area contributed by atoms with Crippen LogP contribution < -0.4 is 15.0 Å². The summed E-state index contributed by atoms with van der Waals surface area (Å²) >= 11 is 3.15. The topological polar surface area (TPSA) is 58.6 Å². The van der Waals surface area contributed by atoms with E-state index in [4.69, 9.17) is 4.74 Å². The SMILES string of the molecule is Cc1ccc2c(c1)OCC(=O)N2CC(=O)Nc1ccc(Br)cc1F. The van der Waals surface area contributed by atoms with Gasteiger partial charge in [-0.1, -0.05) is 22.0 Å². The third-order valence-corrected chi connectivity index (χ3v) is 4.06. The van der Waals surface area contributed by atoms with Crippen LogP contribution in [0.4, 0.5) is 15.8 Å². The molecule has 124 valence electrons. The van der Waals surface area contributed by atoms with E-state index in [2.05, 4.69) is 21.2 Å². The standard InChI is InChI=1S/C17H14BrFN2O3/c1-10-2-5-14-15(6-10)24-9-17(23)21(14)8-16(22)20-13-4-3-11(18)7-12(13)19/h2-7H,8-9H2,1H3,(H,20,22). The van der Waals surface area contributed by atoms with Crippen molar-refractivity contribution < 1.29 is 18.7 Å². The first-order valence-corrected chi connectivity index (χ1v) is 8.02. The fraction of sp³-hybridized carbons (Fsp3) is 0.176. The number of halogens is 2. The average molecular weight is 393 g/mol. The van der Waals surface area contributed by atoms with Gasteiger partial charge in [-0.05, 0) is 42.8 Å². The van der Waals surface area contributed by atoms with E-state index in [1.54, 1.807) is 18.2 Å². The first-order chi connectivity index (χ1) is 11.4. The highest BCUT2D eigenvalue weighted by atomic mass is 79.9. The van der Waals surface area contributed by atoms with Gasteiger partial charge in [-0.2, -0.15) is 0 Å². The van der Waals surface area contributed by atoms with Crippen molar-refractivity contribution in [2.24, 2.45) is 0 Å². The number of rotatable bonds is 3. The lowest BCUT2D eigenvalue weighted by Gasteiger charge is -2.29. The predicted octanol–water partition coefficient (Wildman–Crippen LogP) is 3.26. The van der Waals surface area contributed by atoms with E-state index in [0.29, 0.717) is 15.9 Å². The average Bonchev–Trinajstić information content (AvgIpc) is 2.53. The molecule has 0 unspecified atom stereocenters. The maximum Gasteiger partial charge on any atom is 0.265 e. The van der Waals surface area contributed by atoms with E-state index < -0.39 is 11.7 Å². The monoisotopic (exact) mass is 392 g/mol. The Labute approximate surface area is 146 Å². The molecule has 1 heterocycles. The van der Waals surface area contributed by atoms with Crippen molar-refractivity contribution in [2.75, 3.05) is 23.4 Å². The van der Waals surface area contributed by atoms with Gasteiger partial charge in [0.1, 0.15) is 18.1 Å². The van der Waals surface area contributed by atoms with Crippen molar-refractivity contribution in [2.45, 2.75) is 6.92 Å². The molecule has 3 rings (SSSR count). The molecular formula is C17H14BrFN2O3. The van der Waals surface area contributed by atoms with Crippen LogP contribution in [0, 0.1) is 12.7 Å². The molecule has 0 atom stereocenters. The van der Waals surface area contributed by atoms with Crippen LogP contribution in [0.3, 0.4) is 0 Å². The molecule has 5 nitrogen and oxygen atoms in total. The molecule has 0 aliphatic carbocycles. The summed E-state index contributed by atoms with van der Waals surface area (Å²) in [5.41, 5.74) is 1.58. The summed E-state index contributed by atoms with van der Waals surface area (Å²) in [7, 11) is 0. The van der Waals surface area contributed by atoms with Crippen LogP contribution in [-0.2, 0) is 9.59 Å². The minimum Gasteiger partial charge on any atom is -0.482 e. The number of fused-ring (bicyclic) bond motifs is 1. The highest BCUT2D eigenvalue weighted by molar-refractivity contribution is 9.10. The minimum absolute atomic E-state index is 0.0630. The van der Waals surface area contributed by atoms with Gasteiger partial charge in [-0.15, -0.1) is 0 Å². The highest BCUT2D eigenvalue weighted by Crippen LogP contribution is 2.32. The number of hydrogen-bond donors (Lipinski definition) is 1. The number of nitrogens with one attached hydrogen (secondary N) is 1. The van der Waals surface area contributed by atoms with Gasteiger partial charge in [0.25, 0.3) is 5.91 Å². The highest BCUT2D eigenvalue weighted by Gasteiger charge is 2.27. The fourth-order valence-corrected chi connectivity index (χ4v) is 2.74. The van der Waals surface area contributed by atoms with Gasteiger partial charge < -0.3 is 10.1 Å². The molecule has 0 fully saturated rings. The lowest BCUT2D eigenvalue weighted by Crippen LogP contribution is -2.43. The summed E-state index contributed by atoms with van der Waals surface area (Å²) in [6.07, 6.45) is 0. The van der Waals surface area contributed by atoms with E-state index >= 15 is 0 Å². The second-order valence-corrected chi connectivity index (χ2v) is 6.33. The Morgan fingerprint density at radius 2 is 2.12 bits per heavy atom. The van der Waals surface area contributed by atoms with Crippen LogP contribution in [-0.4, -0.2) is 25.0 Å². The Kier molecular flexibility index (Phi) is 4.53. The fourth-order valence-electron chi connectivity index (χ4n) is 2.41. The van der Waals surface area contributed by atoms with Crippen molar-refractivity contribution in [1.29, 1.82) is 0 Å². The first kappa shape index (κ1) is 16.4. The zero-order valence-corrected chi connectivity index (χ0v) is 14.4. The van der Waals surface area contributed by atoms with Crippen LogP contribution in [0.25, 0.3) is 0 Å². The third kappa shape index (κ3) is 3.41. The maximum atomic E-state index is 13.8. The summed E-state index contributed by atoms with van der Waals surface area (Å²) in [5, 5.41) is 2.48. The Bertz CT molecular complexity index is 825. The third-order valence-electron chi connectivity index (χ3n) is 3.57. The lowest BCUT2D eigenvalue weighted by molar-refractivity contribution is -0.123. The number of aryl methyl sites for hydroxylation is 1. The lowest BCUT2D eigenvalue weighted by atomic mass is 10.1. The van der Waals surface area contributed by atoms with Gasteiger partial charge >= 0.3 is 0 Å². The van der Waals surface area contributed by atoms with Crippen molar-refractivity contribution in [3.63, 3.8) is 0 Å². The summed E-state index contributed by atoms with van der Waals surface area (Å²) in [5.74, 6) is -0.810. The zero-order chi connectivity index (χ0) is 17.3. The number of hydrogen-bond acceptors (Lipinski definition) is 3. The molecule has 1 N–H and O–H groups in total. The second-order valence-electron chi connectivity index (χ2n) is 5.41.